The van der Waals surface area contributed by atoms with Crippen LogP contribution in [0, 0.1) is 6.92 Å². The van der Waals surface area contributed by atoms with Crippen molar-refractivity contribution in [3.05, 3.63) is 70.0 Å². The fourth-order valence-corrected chi connectivity index (χ4v) is 2.79. The summed E-state index contributed by atoms with van der Waals surface area (Å²) in [6.45, 7) is 3.80. The van der Waals surface area contributed by atoms with Crippen molar-refractivity contribution in [3.8, 4) is 11.4 Å². The average Bonchev–Trinajstić information content (AvgIpc) is 3.05. The third-order valence-electron chi connectivity index (χ3n) is 3.66. The first-order valence-electron chi connectivity index (χ1n) is 7.51. The Hall–Kier alpha value is -2.47. The maximum absolute atomic E-state index is 12.3. The Labute approximate surface area is 148 Å². The molecular formula is C18H16BrN3O2. The minimum atomic E-state index is -0.394. The minimum Gasteiger partial charge on any atom is -0.340 e. The standard InChI is InChI=1S/C18H16BrN3O2/c1-11-7-3-4-8-13(11)16-21-18(24-22-16)12(2)20-17(23)14-9-5-6-10-15(14)19/h3-10,12H,1-2H3,(H,20,23)/t12-/m0/s1. The number of aromatic nitrogens is 2. The van der Waals surface area contributed by atoms with Crippen LogP contribution < -0.4 is 5.32 Å². The second-order valence-corrected chi connectivity index (χ2v) is 6.30. The van der Waals surface area contributed by atoms with E-state index >= 15 is 0 Å². The predicted molar refractivity (Wildman–Crippen MR) is 94.5 cm³/mol. The van der Waals surface area contributed by atoms with E-state index in [1.807, 2.05) is 56.3 Å². The molecule has 0 bridgehead atoms. The van der Waals surface area contributed by atoms with Crippen LogP contribution in [0.15, 0.2) is 57.5 Å². The molecule has 0 saturated heterocycles. The van der Waals surface area contributed by atoms with Crippen molar-refractivity contribution in [3.63, 3.8) is 0 Å². The lowest BCUT2D eigenvalue weighted by molar-refractivity contribution is 0.0931. The number of hydrogen-bond donors (Lipinski definition) is 1. The molecule has 2 aromatic carbocycles. The van der Waals surface area contributed by atoms with Gasteiger partial charge >= 0.3 is 0 Å². The molecule has 24 heavy (non-hydrogen) atoms. The summed E-state index contributed by atoms with van der Waals surface area (Å²) < 4.78 is 6.05. The summed E-state index contributed by atoms with van der Waals surface area (Å²) in [7, 11) is 0. The molecule has 0 aliphatic heterocycles. The largest absolute Gasteiger partial charge is 0.340 e. The molecule has 0 radical (unpaired) electrons. The highest BCUT2D eigenvalue weighted by Crippen LogP contribution is 2.22. The second-order valence-electron chi connectivity index (χ2n) is 5.45. The molecule has 5 nitrogen and oxygen atoms in total. The summed E-state index contributed by atoms with van der Waals surface area (Å²) in [4.78, 5) is 16.8. The number of nitrogens with zero attached hydrogens (tertiary/aromatic N) is 2. The number of hydrogen-bond acceptors (Lipinski definition) is 4. The molecule has 1 N–H and O–H groups in total. The average molecular weight is 386 g/mol. The Morgan fingerprint density at radius 2 is 1.88 bits per heavy atom. The van der Waals surface area contributed by atoms with E-state index in [1.54, 1.807) is 6.07 Å². The number of halogens is 1. The van der Waals surface area contributed by atoms with Crippen LogP contribution in [0.3, 0.4) is 0 Å². The lowest BCUT2D eigenvalue weighted by Gasteiger charge is -2.10. The molecule has 0 spiro atoms. The molecule has 1 heterocycles. The fraction of sp³-hybridized carbons (Fsp3) is 0.167. The monoisotopic (exact) mass is 385 g/mol. The molecule has 0 aliphatic rings. The van der Waals surface area contributed by atoms with Crippen LogP contribution in [0.4, 0.5) is 0 Å². The maximum Gasteiger partial charge on any atom is 0.253 e. The molecule has 0 saturated carbocycles. The number of carbonyl (C=O) groups excluding carboxylic acids is 1. The van der Waals surface area contributed by atoms with Gasteiger partial charge in [-0.25, -0.2) is 0 Å². The van der Waals surface area contributed by atoms with Gasteiger partial charge in [0.1, 0.15) is 6.04 Å². The van der Waals surface area contributed by atoms with Crippen molar-refractivity contribution in [2.24, 2.45) is 0 Å². The Balaban J connectivity index is 1.77. The highest BCUT2D eigenvalue weighted by atomic mass is 79.9. The second kappa shape index (κ2) is 6.97. The smallest absolute Gasteiger partial charge is 0.253 e. The summed E-state index contributed by atoms with van der Waals surface area (Å²) in [5.41, 5.74) is 2.54. The summed E-state index contributed by atoms with van der Waals surface area (Å²) in [5, 5.41) is 6.89. The van der Waals surface area contributed by atoms with Crippen LogP contribution in [-0.4, -0.2) is 16.0 Å². The van der Waals surface area contributed by atoms with Gasteiger partial charge in [-0.3, -0.25) is 4.79 Å². The number of aryl methyl sites for hydroxylation is 1. The Morgan fingerprint density at radius 3 is 2.62 bits per heavy atom. The Kier molecular flexibility index (Phi) is 4.76. The zero-order chi connectivity index (χ0) is 17.1. The van der Waals surface area contributed by atoms with Crippen molar-refractivity contribution < 1.29 is 9.32 Å². The van der Waals surface area contributed by atoms with Crippen molar-refractivity contribution in [2.75, 3.05) is 0 Å². The van der Waals surface area contributed by atoms with Gasteiger partial charge in [0.2, 0.25) is 11.7 Å². The van der Waals surface area contributed by atoms with Gasteiger partial charge < -0.3 is 9.84 Å². The number of rotatable bonds is 4. The third-order valence-corrected chi connectivity index (χ3v) is 4.36. The van der Waals surface area contributed by atoms with Crippen molar-refractivity contribution in [1.29, 1.82) is 0 Å². The van der Waals surface area contributed by atoms with E-state index in [1.165, 1.54) is 0 Å². The van der Waals surface area contributed by atoms with E-state index in [9.17, 15) is 4.79 Å². The normalized spacial score (nSPS) is 12.0. The first kappa shape index (κ1) is 16.4. The van der Waals surface area contributed by atoms with Crippen molar-refractivity contribution in [1.82, 2.24) is 15.5 Å². The zero-order valence-electron chi connectivity index (χ0n) is 13.3. The Bertz CT molecular complexity index is 876. The summed E-state index contributed by atoms with van der Waals surface area (Å²) in [6, 6.07) is 14.7. The topological polar surface area (TPSA) is 68.0 Å². The maximum atomic E-state index is 12.3. The van der Waals surface area contributed by atoms with Crippen LogP contribution in [0.5, 0.6) is 0 Å². The molecule has 0 aliphatic carbocycles. The molecule has 0 fully saturated rings. The van der Waals surface area contributed by atoms with Gasteiger partial charge in [-0.1, -0.05) is 41.6 Å². The van der Waals surface area contributed by atoms with Gasteiger partial charge in [0.05, 0.1) is 5.56 Å². The van der Waals surface area contributed by atoms with E-state index in [2.05, 4.69) is 31.4 Å². The summed E-state index contributed by atoms with van der Waals surface area (Å²) in [5.74, 6) is 0.685. The first-order valence-corrected chi connectivity index (χ1v) is 8.30. The van der Waals surface area contributed by atoms with Crippen LogP contribution in [0.1, 0.15) is 34.8 Å². The van der Waals surface area contributed by atoms with Crippen LogP contribution in [0.2, 0.25) is 0 Å². The van der Waals surface area contributed by atoms with Gasteiger partial charge in [-0.05, 0) is 47.5 Å². The van der Waals surface area contributed by atoms with E-state index in [0.717, 1.165) is 15.6 Å². The quantitative estimate of drug-likeness (QED) is 0.726. The predicted octanol–water partition coefficient (Wildman–Crippen LogP) is 4.30. The summed E-state index contributed by atoms with van der Waals surface area (Å²) >= 11 is 3.37. The molecule has 0 unspecified atom stereocenters. The molecule has 3 rings (SSSR count). The third kappa shape index (κ3) is 3.38. The summed E-state index contributed by atoms with van der Waals surface area (Å²) in [6.07, 6.45) is 0. The van der Waals surface area contributed by atoms with Gasteiger partial charge in [0, 0.05) is 10.0 Å². The molecular weight excluding hydrogens is 370 g/mol. The van der Waals surface area contributed by atoms with Gasteiger partial charge in [0.25, 0.3) is 5.91 Å². The van der Waals surface area contributed by atoms with Gasteiger partial charge in [-0.2, -0.15) is 4.98 Å². The number of carbonyl (C=O) groups is 1. The van der Waals surface area contributed by atoms with E-state index in [4.69, 9.17) is 4.52 Å². The van der Waals surface area contributed by atoms with Crippen LogP contribution in [0.25, 0.3) is 11.4 Å². The van der Waals surface area contributed by atoms with Crippen LogP contribution in [-0.2, 0) is 0 Å². The zero-order valence-corrected chi connectivity index (χ0v) is 14.9. The molecule has 1 amide bonds. The molecule has 1 aromatic heterocycles. The van der Waals surface area contributed by atoms with Gasteiger partial charge in [0.15, 0.2) is 0 Å². The highest BCUT2D eigenvalue weighted by Gasteiger charge is 2.19. The minimum absolute atomic E-state index is 0.203. The number of benzene rings is 2. The number of amides is 1. The van der Waals surface area contributed by atoms with E-state index < -0.39 is 6.04 Å². The van der Waals surface area contributed by atoms with E-state index in [-0.39, 0.29) is 5.91 Å². The molecule has 6 heteroatoms. The lowest BCUT2D eigenvalue weighted by atomic mass is 10.1. The van der Waals surface area contributed by atoms with Crippen molar-refractivity contribution >= 4 is 21.8 Å². The first-order chi connectivity index (χ1) is 11.6. The molecule has 122 valence electrons. The number of nitrogens with one attached hydrogen (secondary N) is 1. The lowest BCUT2D eigenvalue weighted by Crippen LogP contribution is -2.27. The van der Waals surface area contributed by atoms with Crippen molar-refractivity contribution in [2.45, 2.75) is 19.9 Å². The van der Waals surface area contributed by atoms with Gasteiger partial charge in [-0.15, -0.1) is 0 Å². The Morgan fingerprint density at radius 1 is 1.17 bits per heavy atom. The van der Waals surface area contributed by atoms with Crippen LogP contribution >= 0.6 is 15.9 Å². The fourth-order valence-electron chi connectivity index (χ4n) is 2.33. The SMILES string of the molecule is Cc1ccccc1-c1noc([C@H](C)NC(=O)c2ccccc2Br)n1. The highest BCUT2D eigenvalue weighted by molar-refractivity contribution is 9.10. The van der Waals surface area contributed by atoms with E-state index in [0.29, 0.717) is 17.3 Å². The molecule has 3 aromatic rings. The molecule has 1 atom stereocenters.